The van der Waals surface area contributed by atoms with Crippen LogP contribution in [0.15, 0.2) is 42.6 Å². The lowest BCUT2D eigenvalue weighted by Gasteiger charge is -2.13. The van der Waals surface area contributed by atoms with E-state index in [1.807, 2.05) is 36.5 Å². The number of nitrogens with zero attached hydrogens (tertiary/aromatic N) is 4. The van der Waals surface area contributed by atoms with Crippen molar-refractivity contribution in [1.82, 2.24) is 25.3 Å². The lowest BCUT2D eigenvalue weighted by atomic mass is 10.1. The third-order valence-electron chi connectivity index (χ3n) is 3.35. The van der Waals surface area contributed by atoms with Crippen molar-refractivity contribution < 1.29 is 0 Å². The van der Waals surface area contributed by atoms with Crippen molar-refractivity contribution in [3.05, 3.63) is 48.2 Å². The Balaban J connectivity index is 2.04. The Morgan fingerprint density at radius 3 is 2.95 bits per heavy atom. The van der Waals surface area contributed by atoms with Gasteiger partial charge in [0, 0.05) is 12.2 Å². The summed E-state index contributed by atoms with van der Waals surface area (Å²) in [6.07, 6.45) is 1.81. The van der Waals surface area contributed by atoms with Crippen molar-refractivity contribution in [2.75, 3.05) is 6.54 Å². The molecule has 0 radical (unpaired) electrons. The van der Waals surface area contributed by atoms with Crippen LogP contribution in [0.25, 0.3) is 16.9 Å². The summed E-state index contributed by atoms with van der Waals surface area (Å²) >= 11 is 0. The van der Waals surface area contributed by atoms with Gasteiger partial charge < -0.3 is 5.32 Å². The third-order valence-corrected chi connectivity index (χ3v) is 3.35. The molecule has 1 N–H and O–H groups in total. The number of hydrogen-bond donors (Lipinski definition) is 1. The van der Waals surface area contributed by atoms with Crippen LogP contribution in [-0.4, -0.2) is 26.5 Å². The minimum absolute atomic E-state index is 0.288. The molecular weight excluding hydrogens is 250 g/mol. The van der Waals surface area contributed by atoms with Crippen LogP contribution >= 0.6 is 0 Å². The molecular formula is C15H17N5. The van der Waals surface area contributed by atoms with E-state index in [-0.39, 0.29) is 6.04 Å². The maximum atomic E-state index is 4.41. The Bertz CT molecular complexity index is 719. The Morgan fingerprint density at radius 2 is 2.10 bits per heavy atom. The van der Waals surface area contributed by atoms with Crippen LogP contribution in [0.4, 0.5) is 0 Å². The first-order valence-corrected chi connectivity index (χ1v) is 6.79. The molecule has 0 aliphatic heterocycles. The van der Waals surface area contributed by atoms with Gasteiger partial charge in [0.05, 0.1) is 5.52 Å². The number of hydrogen-bond acceptors (Lipinski definition) is 4. The van der Waals surface area contributed by atoms with Crippen molar-refractivity contribution in [1.29, 1.82) is 0 Å². The molecule has 2 heterocycles. The predicted molar refractivity (Wildman–Crippen MR) is 78.8 cm³/mol. The van der Waals surface area contributed by atoms with Gasteiger partial charge in [-0.05, 0) is 43.3 Å². The van der Waals surface area contributed by atoms with Crippen LogP contribution in [0.3, 0.4) is 0 Å². The second-order valence-corrected chi connectivity index (χ2v) is 4.72. The van der Waals surface area contributed by atoms with Crippen LogP contribution in [0.1, 0.15) is 25.5 Å². The average Bonchev–Trinajstić information content (AvgIpc) is 2.91. The summed E-state index contributed by atoms with van der Waals surface area (Å²) in [7, 11) is 0. The fourth-order valence-electron chi connectivity index (χ4n) is 2.28. The molecule has 3 aromatic rings. The largest absolute Gasteiger partial charge is 0.310 e. The predicted octanol–water partition coefficient (Wildman–Crippen LogP) is 2.49. The van der Waals surface area contributed by atoms with Crippen LogP contribution in [0.2, 0.25) is 0 Å². The molecule has 2 aromatic heterocycles. The summed E-state index contributed by atoms with van der Waals surface area (Å²) in [4.78, 5) is 4.41. The summed E-state index contributed by atoms with van der Waals surface area (Å²) in [6.45, 7) is 5.18. The highest BCUT2D eigenvalue weighted by Crippen LogP contribution is 2.18. The van der Waals surface area contributed by atoms with E-state index in [4.69, 9.17) is 0 Å². The number of rotatable bonds is 4. The maximum Gasteiger partial charge on any atom is 0.156 e. The minimum atomic E-state index is 0.288. The van der Waals surface area contributed by atoms with Gasteiger partial charge in [0.2, 0.25) is 0 Å². The van der Waals surface area contributed by atoms with E-state index in [0.29, 0.717) is 0 Å². The average molecular weight is 267 g/mol. The van der Waals surface area contributed by atoms with Crippen LogP contribution in [0, 0.1) is 0 Å². The lowest BCUT2D eigenvalue weighted by Crippen LogP contribution is -2.18. The molecule has 0 saturated heterocycles. The van der Waals surface area contributed by atoms with Crippen molar-refractivity contribution in [2.45, 2.75) is 19.9 Å². The topological polar surface area (TPSA) is 55.6 Å². The molecule has 20 heavy (non-hydrogen) atoms. The Morgan fingerprint density at radius 1 is 1.25 bits per heavy atom. The zero-order valence-corrected chi connectivity index (χ0v) is 11.6. The van der Waals surface area contributed by atoms with Gasteiger partial charge in [0.1, 0.15) is 5.52 Å². The van der Waals surface area contributed by atoms with Gasteiger partial charge in [0.15, 0.2) is 5.82 Å². The van der Waals surface area contributed by atoms with Gasteiger partial charge in [-0.2, -0.15) is 4.68 Å². The molecule has 0 spiro atoms. The first-order chi connectivity index (χ1) is 9.79. The molecule has 5 nitrogen and oxygen atoms in total. The van der Waals surface area contributed by atoms with Crippen molar-refractivity contribution in [2.24, 2.45) is 0 Å². The fourth-order valence-corrected chi connectivity index (χ4v) is 2.28. The SMILES string of the molecule is CCNC(C)c1ccnc(-n2nnc3ccccc32)c1. The highest BCUT2D eigenvalue weighted by molar-refractivity contribution is 5.75. The van der Waals surface area contributed by atoms with Crippen molar-refractivity contribution in [3.8, 4) is 5.82 Å². The van der Waals surface area contributed by atoms with E-state index < -0.39 is 0 Å². The van der Waals surface area contributed by atoms with Crippen LogP contribution < -0.4 is 5.32 Å². The summed E-state index contributed by atoms with van der Waals surface area (Å²) < 4.78 is 1.78. The zero-order chi connectivity index (χ0) is 13.9. The number of para-hydroxylation sites is 1. The minimum Gasteiger partial charge on any atom is -0.310 e. The molecule has 102 valence electrons. The van der Waals surface area contributed by atoms with Crippen molar-refractivity contribution >= 4 is 11.0 Å². The molecule has 1 aromatic carbocycles. The highest BCUT2D eigenvalue weighted by atomic mass is 15.4. The first-order valence-electron chi connectivity index (χ1n) is 6.79. The Kier molecular flexibility index (Phi) is 3.43. The van der Waals surface area contributed by atoms with E-state index in [1.54, 1.807) is 4.68 Å². The highest BCUT2D eigenvalue weighted by Gasteiger charge is 2.09. The second kappa shape index (κ2) is 5.38. The molecule has 0 aliphatic rings. The van der Waals surface area contributed by atoms with Gasteiger partial charge in [0.25, 0.3) is 0 Å². The van der Waals surface area contributed by atoms with E-state index in [1.165, 1.54) is 5.56 Å². The molecule has 3 rings (SSSR count). The van der Waals surface area contributed by atoms with Gasteiger partial charge in [-0.25, -0.2) is 4.98 Å². The van der Waals surface area contributed by atoms with Gasteiger partial charge in [-0.3, -0.25) is 0 Å². The summed E-state index contributed by atoms with van der Waals surface area (Å²) in [5, 5.41) is 11.8. The summed E-state index contributed by atoms with van der Waals surface area (Å²) in [5.74, 6) is 0.793. The lowest BCUT2D eigenvalue weighted by molar-refractivity contribution is 0.596. The van der Waals surface area contributed by atoms with E-state index in [2.05, 4.69) is 40.5 Å². The molecule has 0 amide bonds. The monoisotopic (exact) mass is 267 g/mol. The number of nitrogens with one attached hydrogen (secondary N) is 1. The first kappa shape index (κ1) is 12.7. The molecule has 1 unspecified atom stereocenters. The van der Waals surface area contributed by atoms with E-state index >= 15 is 0 Å². The van der Waals surface area contributed by atoms with Crippen molar-refractivity contribution in [3.63, 3.8) is 0 Å². The van der Waals surface area contributed by atoms with E-state index in [0.717, 1.165) is 23.4 Å². The van der Waals surface area contributed by atoms with Gasteiger partial charge >= 0.3 is 0 Å². The zero-order valence-electron chi connectivity index (χ0n) is 11.6. The molecule has 0 bridgehead atoms. The quantitative estimate of drug-likeness (QED) is 0.789. The van der Waals surface area contributed by atoms with Crippen LogP contribution in [-0.2, 0) is 0 Å². The standard InChI is InChI=1S/C15H17N5/c1-3-16-11(2)12-8-9-17-15(10-12)20-14-7-5-4-6-13(14)18-19-20/h4-11,16H,3H2,1-2H3. The molecule has 0 saturated carbocycles. The number of fused-ring (bicyclic) bond motifs is 1. The second-order valence-electron chi connectivity index (χ2n) is 4.72. The molecule has 1 atom stereocenters. The molecule has 5 heteroatoms. The maximum absolute atomic E-state index is 4.41. The summed E-state index contributed by atoms with van der Waals surface area (Å²) in [6, 6.07) is 12.2. The van der Waals surface area contributed by atoms with E-state index in [9.17, 15) is 0 Å². The molecule has 0 fully saturated rings. The fraction of sp³-hybridized carbons (Fsp3) is 0.267. The number of pyridine rings is 1. The number of benzene rings is 1. The Labute approximate surface area is 117 Å². The smallest absolute Gasteiger partial charge is 0.156 e. The molecule has 0 aliphatic carbocycles. The van der Waals surface area contributed by atoms with Crippen LogP contribution in [0.5, 0.6) is 0 Å². The van der Waals surface area contributed by atoms with Gasteiger partial charge in [-0.1, -0.05) is 24.3 Å². The normalized spacial score (nSPS) is 12.7. The summed E-state index contributed by atoms with van der Waals surface area (Å²) in [5.41, 5.74) is 3.03. The Hall–Kier alpha value is -2.27. The number of aromatic nitrogens is 4. The van der Waals surface area contributed by atoms with Gasteiger partial charge in [-0.15, -0.1) is 5.10 Å². The third kappa shape index (κ3) is 2.28.